The predicted molar refractivity (Wildman–Crippen MR) is 58.5 cm³/mol. The van der Waals surface area contributed by atoms with E-state index in [0.717, 1.165) is 0 Å². The van der Waals surface area contributed by atoms with Crippen LogP contribution >= 0.6 is 15.9 Å². The number of cyclic esters (lactones) is 1. The monoisotopic (exact) mass is 344 g/mol. The third-order valence-corrected chi connectivity index (χ3v) is 2.93. The smallest absolute Gasteiger partial charge is 0.395 e. The second-order valence-electron chi connectivity index (χ2n) is 4.59. The molecule has 0 aromatic heterocycles. The highest BCUT2D eigenvalue weighted by molar-refractivity contribution is 9.10. The second-order valence-corrected chi connectivity index (χ2v) is 5.59. The number of esters is 2. The quantitative estimate of drug-likeness (QED) is 0.561. The first kappa shape index (κ1) is 14.6. The van der Waals surface area contributed by atoms with Crippen molar-refractivity contribution in [2.45, 2.75) is 42.8 Å². The molecule has 2 aliphatic heterocycles. The lowest BCUT2D eigenvalue weighted by molar-refractivity contribution is -0.192. The molecule has 3 atom stereocenters. The van der Waals surface area contributed by atoms with E-state index in [2.05, 4.69) is 4.74 Å². The average Bonchev–Trinajstić information content (AvgIpc) is 2.70. The van der Waals surface area contributed by atoms with Crippen LogP contribution in [0.4, 0.5) is 8.78 Å². The summed E-state index contributed by atoms with van der Waals surface area (Å²) < 4.78 is 45.0. The second kappa shape index (κ2) is 4.64. The van der Waals surface area contributed by atoms with Crippen molar-refractivity contribution in [2.75, 3.05) is 6.61 Å². The molecule has 0 spiro atoms. The number of carbonyl (C=O) groups excluding carboxylic acids is 2. The van der Waals surface area contributed by atoms with Crippen LogP contribution in [0.5, 0.6) is 0 Å². The molecule has 2 fully saturated rings. The summed E-state index contributed by atoms with van der Waals surface area (Å²) in [5.74, 6) is -3.40. The Morgan fingerprint density at radius 2 is 2.11 bits per heavy atom. The molecule has 2 rings (SSSR count). The van der Waals surface area contributed by atoms with Crippen molar-refractivity contribution in [3.8, 4) is 0 Å². The molecule has 0 saturated carbocycles. The standard InChI is InChI=1S/C10H11BrF2O6/c1-9(2)18-5-4(17-7(14)6(5)19-9)3-16-8(15)10(11,12)13/h4-6H,3H2,1-2H3. The van der Waals surface area contributed by atoms with E-state index in [-0.39, 0.29) is 0 Å². The lowest BCUT2D eigenvalue weighted by Crippen LogP contribution is -2.35. The highest BCUT2D eigenvalue weighted by Gasteiger charge is 2.56. The molecule has 108 valence electrons. The van der Waals surface area contributed by atoms with Crippen molar-refractivity contribution in [1.82, 2.24) is 0 Å². The van der Waals surface area contributed by atoms with E-state index in [1.165, 1.54) is 0 Å². The molecule has 0 N–H and O–H groups in total. The third-order valence-electron chi connectivity index (χ3n) is 2.61. The van der Waals surface area contributed by atoms with Gasteiger partial charge in [0.15, 0.2) is 18.0 Å². The molecule has 0 aliphatic carbocycles. The predicted octanol–water partition coefficient (Wildman–Crippen LogP) is 0.963. The minimum atomic E-state index is -3.78. The summed E-state index contributed by atoms with van der Waals surface area (Å²) in [5, 5.41) is 0. The van der Waals surface area contributed by atoms with Crippen molar-refractivity contribution in [3.05, 3.63) is 0 Å². The summed E-state index contributed by atoms with van der Waals surface area (Å²) in [6.07, 6.45) is -2.67. The molecular weight excluding hydrogens is 334 g/mol. The van der Waals surface area contributed by atoms with Gasteiger partial charge < -0.3 is 18.9 Å². The number of carbonyl (C=O) groups is 2. The summed E-state index contributed by atoms with van der Waals surface area (Å²) in [5.41, 5.74) is 0. The van der Waals surface area contributed by atoms with Crippen LogP contribution < -0.4 is 0 Å². The summed E-state index contributed by atoms with van der Waals surface area (Å²) in [4.78, 5) is 18.6. The molecule has 2 aliphatic rings. The molecule has 0 amide bonds. The maximum Gasteiger partial charge on any atom is 0.395 e. The minimum absolute atomic E-state index is 0.521. The molecule has 0 radical (unpaired) electrons. The largest absolute Gasteiger partial charge is 0.457 e. The number of hydrogen-bond donors (Lipinski definition) is 0. The molecule has 0 bridgehead atoms. The number of alkyl halides is 3. The van der Waals surface area contributed by atoms with Crippen LogP contribution in [0.15, 0.2) is 0 Å². The van der Waals surface area contributed by atoms with E-state index in [1.54, 1.807) is 13.8 Å². The maximum absolute atomic E-state index is 12.5. The molecule has 19 heavy (non-hydrogen) atoms. The van der Waals surface area contributed by atoms with Crippen LogP contribution in [0.2, 0.25) is 0 Å². The normalized spacial score (nSPS) is 32.9. The van der Waals surface area contributed by atoms with Gasteiger partial charge in [0.05, 0.1) is 0 Å². The Morgan fingerprint density at radius 3 is 2.68 bits per heavy atom. The maximum atomic E-state index is 12.5. The Morgan fingerprint density at radius 1 is 1.47 bits per heavy atom. The van der Waals surface area contributed by atoms with E-state index in [0.29, 0.717) is 0 Å². The van der Waals surface area contributed by atoms with Crippen LogP contribution in [0.3, 0.4) is 0 Å². The Balaban J connectivity index is 1.96. The zero-order valence-corrected chi connectivity index (χ0v) is 11.6. The molecule has 6 nitrogen and oxygen atoms in total. The highest BCUT2D eigenvalue weighted by atomic mass is 79.9. The molecule has 9 heteroatoms. The topological polar surface area (TPSA) is 71.1 Å². The van der Waals surface area contributed by atoms with Gasteiger partial charge in [-0.1, -0.05) is 0 Å². The Kier molecular flexibility index (Phi) is 3.56. The summed E-state index contributed by atoms with van der Waals surface area (Å²) in [6.45, 7) is 2.69. The van der Waals surface area contributed by atoms with Gasteiger partial charge in [-0.3, -0.25) is 0 Å². The van der Waals surface area contributed by atoms with Crippen LogP contribution in [-0.2, 0) is 28.5 Å². The van der Waals surface area contributed by atoms with Crippen LogP contribution in [0.25, 0.3) is 0 Å². The van der Waals surface area contributed by atoms with Crippen molar-refractivity contribution >= 4 is 27.9 Å². The fourth-order valence-electron chi connectivity index (χ4n) is 1.90. The number of rotatable bonds is 3. The van der Waals surface area contributed by atoms with E-state index >= 15 is 0 Å². The van der Waals surface area contributed by atoms with Gasteiger partial charge in [-0.05, 0) is 13.8 Å². The van der Waals surface area contributed by atoms with Crippen LogP contribution in [-0.4, -0.2) is 47.5 Å². The first-order valence-electron chi connectivity index (χ1n) is 5.40. The van der Waals surface area contributed by atoms with Crippen molar-refractivity contribution in [1.29, 1.82) is 0 Å². The van der Waals surface area contributed by atoms with Gasteiger partial charge in [0.25, 0.3) is 0 Å². The molecule has 3 unspecified atom stereocenters. The van der Waals surface area contributed by atoms with Crippen molar-refractivity contribution in [2.24, 2.45) is 0 Å². The summed E-state index contributed by atoms with van der Waals surface area (Å²) >= 11 is 1.87. The fourth-order valence-corrected chi connectivity index (χ4v) is 2.01. The fraction of sp³-hybridized carbons (Fsp3) is 0.800. The minimum Gasteiger partial charge on any atom is -0.457 e. The third kappa shape index (κ3) is 3.03. The van der Waals surface area contributed by atoms with E-state index < -0.39 is 47.5 Å². The molecular formula is C10H11BrF2O6. The lowest BCUT2D eigenvalue weighted by Gasteiger charge is -2.21. The number of ether oxygens (including phenoxy) is 4. The number of halogens is 3. The van der Waals surface area contributed by atoms with Gasteiger partial charge in [0.2, 0.25) is 0 Å². The zero-order valence-electron chi connectivity index (χ0n) is 10.0. The number of hydrogen-bond acceptors (Lipinski definition) is 6. The van der Waals surface area contributed by atoms with Crippen molar-refractivity contribution in [3.63, 3.8) is 0 Å². The van der Waals surface area contributed by atoms with Crippen LogP contribution in [0.1, 0.15) is 13.8 Å². The SMILES string of the molecule is CC1(C)OC2C(=O)OC(COC(=O)C(F)(F)Br)C2O1. The van der Waals surface area contributed by atoms with Gasteiger partial charge in [0, 0.05) is 15.9 Å². The van der Waals surface area contributed by atoms with Crippen LogP contribution in [0, 0.1) is 0 Å². The van der Waals surface area contributed by atoms with E-state index in [1.807, 2.05) is 15.9 Å². The van der Waals surface area contributed by atoms with E-state index in [9.17, 15) is 18.4 Å². The van der Waals surface area contributed by atoms with Crippen molar-refractivity contribution < 1.29 is 37.3 Å². The lowest BCUT2D eigenvalue weighted by atomic mass is 10.1. The van der Waals surface area contributed by atoms with Gasteiger partial charge in [-0.15, -0.1) is 0 Å². The summed E-state index contributed by atoms with van der Waals surface area (Å²) in [6, 6.07) is 0. The Labute approximate surface area is 115 Å². The molecule has 0 aromatic carbocycles. The Bertz CT molecular complexity index is 407. The number of fused-ring (bicyclic) bond motifs is 1. The summed E-state index contributed by atoms with van der Waals surface area (Å²) in [7, 11) is 0. The molecule has 2 heterocycles. The Hall–Kier alpha value is -0.800. The molecule has 2 saturated heterocycles. The van der Waals surface area contributed by atoms with Gasteiger partial charge >= 0.3 is 16.8 Å². The molecule has 0 aromatic rings. The first-order valence-corrected chi connectivity index (χ1v) is 6.19. The van der Waals surface area contributed by atoms with Gasteiger partial charge in [-0.25, -0.2) is 9.59 Å². The van der Waals surface area contributed by atoms with Gasteiger partial charge in [-0.2, -0.15) is 8.78 Å². The average molecular weight is 345 g/mol. The van der Waals surface area contributed by atoms with E-state index in [4.69, 9.17) is 14.2 Å². The first-order chi connectivity index (χ1) is 8.60. The van der Waals surface area contributed by atoms with Gasteiger partial charge in [0.1, 0.15) is 12.7 Å². The highest BCUT2D eigenvalue weighted by Crippen LogP contribution is 2.36. The zero-order chi connectivity index (χ0) is 14.4.